The second-order valence-electron chi connectivity index (χ2n) is 18.7. The summed E-state index contributed by atoms with van der Waals surface area (Å²) in [6.07, 6.45) is -12.0. The molecule has 1 N–H and O–H groups in total. The minimum atomic E-state index is -1.49. The number of hydrogen-bond donors (Lipinski definition) is 1. The van der Waals surface area contributed by atoms with Gasteiger partial charge in [0.1, 0.15) is 60.6 Å². The van der Waals surface area contributed by atoms with Gasteiger partial charge in [0.05, 0.1) is 46.2 Å². The number of azide groups is 1. The second kappa shape index (κ2) is 28.8. The monoisotopic (exact) mass is 1040 g/mol. The molecule has 0 bridgehead atoms. The Morgan fingerprint density at radius 2 is 0.831 bits per heavy atom. The van der Waals surface area contributed by atoms with Crippen molar-refractivity contribution in [2.75, 3.05) is 13.2 Å². The van der Waals surface area contributed by atoms with E-state index in [1.807, 2.05) is 188 Å². The van der Waals surface area contributed by atoms with Crippen LogP contribution in [0, 0.1) is 0 Å². The normalized spacial score (nSPS) is 24.0. The fraction of sp³-hybridized carbons (Fsp3) is 0.306. The van der Waals surface area contributed by atoms with E-state index in [1.54, 1.807) is 24.3 Å². The molecule has 1 heterocycles. The number of ether oxygens (including phenoxy) is 10. The summed E-state index contributed by atoms with van der Waals surface area (Å²) in [5, 5.41) is 17.4. The Bertz CT molecular complexity index is 2840. The van der Waals surface area contributed by atoms with Gasteiger partial charge in [0, 0.05) is 4.91 Å². The molecule has 0 aromatic heterocycles. The molecule has 1 saturated carbocycles. The van der Waals surface area contributed by atoms with Crippen LogP contribution in [0.15, 0.2) is 217 Å². The van der Waals surface area contributed by atoms with Gasteiger partial charge in [0.15, 0.2) is 19.0 Å². The van der Waals surface area contributed by atoms with Crippen molar-refractivity contribution in [2.45, 2.75) is 107 Å². The molecule has 15 heteroatoms. The maximum atomic E-state index is 13.9. The number of aliphatic hydroxyl groups excluding tert-OH is 1. The zero-order chi connectivity index (χ0) is 52.9. The van der Waals surface area contributed by atoms with Crippen LogP contribution >= 0.6 is 0 Å². The molecule has 1 saturated heterocycles. The molecule has 15 nitrogen and oxygen atoms in total. The van der Waals surface area contributed by atoms with Crippen LogP contribution in [0.5, 0.6) is 5.75 Å². The Balaban J connectivity index is 1.11. The Hall–Kier alpha value is -7.24. The summed E-state index contributed by atoms with van der Waals surface area (Å²) in [5.74, 6) is -0.275. The van der Waals surface area contributed by atoms with Crippen LogP contribution in [0.2, 0.25) is 0 Å². The summed E-state index contributed by atoms with van der Waals surface area (Å²) in [6, 6.07) is 65.2. The van der Waals surface area contributed by atoms with Crippen molar-refractivity contribution < 1.29 is 57.3 Å². The number of carbonyl (C=O) groups is 1. The Labute approximate surface area is 448 Å². The highest BCUT2D eigenvalue weighted by molar-refractivity contribution is 5.71. The van der Waals surface area contributed by atoms with Crippen molar-refractivity contribution in [3.63, 3.8) is 0 Å². The fourth-order valence-electron chi connectivity index (χ4n) is 9.41. The molecule has 2 fully saturated rings. The van der Waals surface area contributed by atoms with Crippen LogP contribution in [0.3, 0.4) is 0 Å². The molecule has 7 aromatic carbocycles. The molecule has 0 amide bonds. The first kappa shape index (κ1) is 54.5. The van der Waals surface area contributed by atoms with E-state index in [9.17, 15) is 15.4 Å². The van der Waals surface area contributed by atoms with Crippen LogP contribution in [-0.2, 0) is 87.1 Å². The van der Waals surface area contributed by atoms with Gasteiger partial charge >= 0.3 is 5.97 Å². The van der Waals surface area contributed by atoms with Crippen LogP contribution < -0.4 is 4.74 Å². The van der Waals surface area contributed by atoms with E-state index in [2.05, 4.69) is 10.0 Å². The topological polar surface area (TPSA) is 178 Å². The lowest BCUT2D eigenvalue weighted by molar-refractivity contribution is -0.336. The van der Waals surface area contributed by atoms with Gasteiger partial charge in [-0.25, -0.2) is 4.79 Å². The standard InChI is InChI=1S/C62H63N3O12/c63-65-64-53-56(70-37-45-24-10-2-11-25-45)55(76-52(66)43-69-50-34-20-7-21-35-50)51(42-68-36-44-22-8-1-9-23-44)75-62(53)77-58-54(67)57(71-38-46-26-12-3-13-27-46)59(72-39-47-28-14-4-15-29-47)61(74-41-49-32-18-6-19-33-49)60(58)73-40-48-30-16-5-17-31-48/h1-35,51,53-62,67H,36-43H2/t51-,53-,54-,55-,56-,57+,58+,59+,60-,61-,62-/m1/s1. The van der Waals surface area contributed by atoms with E-state index in [4.69, 9.17) is 47.4 Å². The van der Waals surface area contributed by atoms with Crippen molar-refractivity contribution >= 4 is 5.97 Å². The molecule has 2 aliphatic rings. The SMILES string of the molecule is [N-]=[N+]=N[C@H]1[C@@H](O[C@H]2[C@H](O)[C@H](OCc3ccccc3)[C@H](OCc3ccccc3)[C@@H](OCc3ccccc3)[C@@H]2OCc2ccccc2)O[C@H](COCc2ccccc2)[C@@H](OC(=O)COc2ccccc2)[C@@H]1OCc1ccccc1. The minimum Gasteiger partial charge on any atom is -0.482 e. The predicted octanol–water partition coefficient (Wildman–Crippen LogP) is 10.3. The summed E-state index contributed by atoms with van der Waals surface area (Å²) in [7, 11) is 0. The van der Waals surface area contributed by atoms with Gasteiger partial charge in [-0.05, 0) is 51.0 Å². The van der Waals surface area contributed by atoms with Gasteiger partial charge in [-0.3, -0.25) is 0 Å². The third kappa shape index (κ3) is 15.7. The highest BCUT2D eigenvalue weighted by Gasteiger charge is 2.57. The lowest BCUT2D eigenvalue weighted by Gasteiger charge is -2.51. The summed E-state index contributed by atoms with van der Waals surface area (Å²) in [4.78, 5) is 17.2. The number of para-hydroxylation sites is 1. The third-order valence-corrected chi connectivity index (χ3v) is 13.2. The molecule has 1 aliphatic heterocycles. The number of hydrogen-bond acceptors (Lipinski definition) is 13. The highest BCUT2D eigenvalue weighted by atomic mass is 16.7. The Kier molecular flexibility index (Phi) is 20.4. The number of aliphatic hydroxyl groups is 1. The minimum absolute atomic E-state index is 0.0158. The molecule has 398 valence electrons. The Morgan fingerprint density at radius 1 is 0.468 bits per heavy atom. The first-order chi connectivity index (χ1) is 38.0. The van der Waals surface area contributed by atoms with E-state index in [1.165, 1.54) is 0 Å². The molecule has 77 heavy (non-hydrogen) atoms. The maximum absolute atomic E-state index is 13.9. The molecule has 11 atom stereocenters. The predicted molar refractivity (Wildman–Crippen MR) is 285 cm³/mol. The summed E-state index contributed by atoms with van der Waals surface area (Å²) in [6.45, 7) is 0.0717. The van der Waals surface area contributed by atoms with Crippen molar-refractivity contribution in [2.24, 2.45) is 5.11 Å². The molecule has 7 aromatic rings. The number of rotatable bonds is 26. The number of carbonyl (C=O) groups excluding carboxylic acids is 1. The van der Waals surface area contributed by atoms with Gasteiger partial charge < -0.3 is 52.5 Å². The van der Waals surface area contributed by atoms with E-state index in [0.29, 0.717) is 5.75 Å². The van der Waals surface area contributed by atoms with E-state index in [-0.39, 0.29) is 46.2 Å². The molecule has 0 unspecified atom stereocenters. The van der Waals surface area contributed by atoms with Gasteiger partial charge in [-0.15, -0.1) is 0 Å². The van der Waals surface area contributed by atoms with Crippen LogP contribution in [0.25, 0.3) is 10.4 Å². The average Bonchev–Trinajstić information content (AvgIpc) is 3.54. The first-order valence-electron chi connectivity index (χ1n) is 25.8. The average molecular weight is 1040 g/mol. The van der Waals surface area contributed by atoms with Crippen molar-refractivity contribution in [1.82, 2.24) is 0 Å². The number of esters is 1. The van der Waals surface area contributed by atoms with E-state index in [0.717, 1.165) is 33.4 Å². The van der Waals surface area contributed by atoms with Crippen molar-refractivity contribution in [3.8, 4) is 5.75 Å². The zero-order valence-electron chi connectivity index (χ0n) is 42.5. The quantitative estimate of drug-likeness (QED) is 0.0235. The van der Waals surface area contributed by atoms with Gasteiger partial charge in [-0.2, -0.15) is 0 Å². The van der Waals surface area contributed by atoms with Gasteiger partial charge in [-0.1, -0.05) is 205 Å². The molecular weight excluding hydrogens is 979 g/mol. The van der Waals surface area contributed by atoms with Gasteiger partial charge in [0.2, 0.25) is 0 Å². The second-order valence-corrected chi connectivity index (χ2v) is 18.7. The lowest BCUT2D eigenvalue weighted by atomic mass is 9.83. The highest BCUT2D eigenvalue weighted by Crippen LogP contribution is 2.38. The van der Waals surface area contributed by atoms with Crippen molar-refractivity contribution in [3.05, 3.63) is 256 Å². The lowest BCUT2D eigenvalue weighted by Crippen LogP contribution is -2.69. The fourth-order valence-corrected chi connectivity index (χ4v) is 9.41. The van der Waals surface area contributed by atoms with Crippen LogP contribution in [0.1, 0.15) is 33.4 Å². The van der Waals surface area contributed by atoms with Gasteiger partial charge in [0.25, 0.3) is 0 Å². The molecule has 0 radical (unpaired) electrons. The summed E-state index contributed by atoms with van der Waals surface area (Å²) in [5.41, 5.74) is 15.6. The first-order valence-corrected chi connectivity index (χ1v) is 25.8. The van der Waals surface area contributed by atoms with E-state index < -0.39 is 79.8 Å². The zero-order valence-corrected chi connectivity index (χ0v) is 42.5. The van der Waals surface area contributed by atoms with E-state index >= 15 is 0 Å². The third-order valence-electron chi connectivity index (χ3n) is 13.2. The summed E-state index contributed by atoms with van der Waals surface area (Å²) < 4.78 is 66.8. The summed E-state index contributed by atoms with van der Waals surface area (Å²) >= 11 is 0. The Morgan fingerprint density at radius 3 is 1.26 bits per heavy atom. The molecule has 1 aliphatic carbocycles. The molecule has 9 rings (SSSR count). The number of benzene rings is 7. The molecular formula is C62H63N3O12. The molecule has 0 spiro atoms. The van der Waals surface area contributed by atoms with Crippen LogP contribution in [-0.4, -0.2) is 91.6 Å². The number of nitrogens with zero attached hydrogens (tertiary/aromatic N) is 3. The largest absolute Gasteiger partial charge is 0.482 e. The maximum Gasteiger partial charge on any atom is 0.344 e. The van der Waals surface area contributed by atoms with Crippen LogP contribution in [0.4, 0.5) is 0 Å². The smallest absolute Gasteiger partial charge is 0.344 e. The van der Waals surface area contributed by atoms with Crippen molar-refractivity contribution in [1.29, 1.82) is 0 Å².